The lowest BCUT2D eigenvalue weighted by molar-refractivity contribution is 0.562. The van der Waals surface area contributed by atoms with Gasteiger partial charge in [-0.3, -0.25) is 0 Å². The predicted octanol–water partition coefficient (Wildman–Crippen LogP) is 0.991. The smallest absolute Gasteiger partial charge is 0.207 e. The lowest BCUT2D eigenvalue weighted by Gasteiger charge is -2.16. The first-order chi connectivity index (χ1) is 9.75. The minimum absolute atomic E-state index is 0.345. The van der Waals surface area contributed by atoms with Crippen LogP contribution in [0.5, 0.6) is 0 Å². The fraction of sp³-hybridized carbons (Fsp3) is 0.500. The maximum absolute atomic E-state index is 5.60. The maximum Gasteiger partial charge on any atom is 0.207 e. The van der Waals surface area contributed by atoms with Crippen LogP contribution in [0, 0.1) is 5.41 Å². The molecule has 1 unspecified atom stereocenters. The molecule has 1 aliphatic carbocycles. The van der Waals surface area contributed by atoms with Crippen LogP contribution in [0.1, 0.15) is 12.8 Å². The van der Waals surface area contributed by atoms with Gasteiger partial charge in [-0.25, -0.2) is 0 Å². The molecular formula is C12H15N7S. The van der Waals surface area contributed by atoms with Crippen LogP contribution in [0.15, 0.2) is 18.3 Å². The summed E-state index contributed by atoms with van der Waals surface area (Å²) >= 11 is 1.40. The first kappa shape index (κ1) is 11.8. The van der Waals surface area contributed by atoms with Crippen molar-refractivity contribution in [2.24, 2.45) is 5.41 Å². The third-order valence-electron chi connectivity index (χ3n) is 4.20. The second kappa shape index (κ2) is 4.27. The fourth-order valence-electron chi connectivity index (χ4n) is 3.00. The van der Waals surface area contributed by atoms with Crippen LogP contribution in [0.3, 0.4) is 0 Å². The van der Waals surface area contributed by atoms with E-state index >= 15 is 0 Å². The molecule has 1 saturated heterocycles. The van der Waals surface area contributed by atoms with Gasteiger partial charge in [-0.1, -0.05) is 11.3 Å². The van der Waals surface area contributed by atoms with E-state index in [0.717, 1.165) is 24.0 Å². The molecule has 0 radical (unpaired) electrons. The monoisotopic (exact) mass is 289 g/mol. The molecule has 2 atom stereocenters. The third-order valence-corrected chi connectivity index (χ3v) is 4.88. The molecule has 2 aliphatic rings. The summed E-state index contributed by atoms with van der Waals surface area (Å²) in [4.78, 5) is 2.31. The highest BCUT2D eigenvalue weighted by atomic mass is 32.1. The zero-order valence-electron chi connectivity index (χ0n) is 10.9. The summed E-state index contributed by atoms with van der Waals surface area (Å²) in [5.41, 5.74) is 5.94. The van der Waals surface area contributed by atoms with Gasteiger partial charge in [-0.05, 0) is 25.0 Å². The molecule has 0 bridgehead atoms. The van der Waals surface area contributed by atoms with E-state index in [1.165, 1.54) is 24.2 Å². The minimum Gasteiger partial charge on any atom is -0.374 e. The molecule has 1 aliphatic heterocycles. The highest BCUT2D eigenvalue weighted by molar-refractivity contribution is 7.18. The SMILES string of the molecule is Nc1nnc(NC2C[C@@]23CCN(c2cccnn2)C3)s1. The summed E-state index contributed by atoms with van der Waals surface area (Å²) in [5, 5.41) is 20.8. The lowest BCUT2D eigenvalue weighted by Crippen LogP contribution is -2.23. The van der Waals surface area contributed by atoms with E-state index in [9.17, 15) is 0 Å². The number of hydrogen-bond acceptors (Lipinski definition) is 8. The van der Waals surface area contributed by atoms with E-state index in [4.69, 9.17) is 5.73 Å². The quantitative estimate of drug-likeness (QED) is 0.870. The topological polar surface area (TPSA) is 92.8 Å². The fourth-order valence-corrected chi connectivity index (χ4v) is 3.56. The number of hydrogen-bond donors (Lipinski definition) is 2. The predicted molar refractivity (Wildman–Crippen MR) is 77.6 cm³/mol. The molecule has 3 N–H and O–H groups in total. The molecule has 7 nitrogen and oxygen atoms in total. The van der Waals surface area contributed by atoms with Gasteiger partial charge >= 0.3 is 0 Å². The van der Waals surface area contributed by atoms with Crippen molar-refractivity contribution >= 4 is 27.4 Å². The van der Waals surface area contributed by atoms with Gasteiger partial charge in [0.15, 0.2) is 5.82 Å². The van der Waals surface area contributed by atoms with Crippen LogP contribution in [0.4, 0.5) is 16.1 Å². The largest absolute Gasteiger partial charge is 0.374 e. The highest BCUT2D eigenvalue weighted by Crippen LogP contribution is 2.54. The molecule has 3 heterocycles. The summed E-state index contributed by atoms with van der Waals surface area (Å²) in [6.07, 6.45) is 4.05. The van der Waals surface area contributed by atoms with Gasteiger partial charge in [0.05, 0.1) is 0 Å². The van der Waals surface area contributed by atoms with Crippen molar-refractivity contribution < 1.29 is 0 Å². The minimum atomic E-state index is 0.345. The number of anilines is 3. The second-order valence-electron chi connectivity index (χ2n) is 5.46. The van der Waals surface area contributed by atoms with E-state index in [2.05, 4.69) is 30.6 Å². The summed E-state index contributed by atoms with van der Waals surface area (Å²) in [6, 6.07) is 4.42. The zero-order chi connectivity index (χ0) is 13.6. The van der Waals surface area contributed by atoms with E-state index in [-0.39, 0.29) is 0 Å². The van der Waals surface area contributed by atoms with Crippen molar-refractivity contribution in [3.05, 3.63) is 18.3 Å². The highest BCUT2D eigenvalue weighted by Gasteiger charge is 2.58. The van der Waals surface area contributed by atoms with Gasteiger partial charge in [0.2, 0.25) is 10.3 Å². The Hall–Kier alpha value is -1.96. The van der Waals surface area contributed by atoms with Crippen molar-refractivity contribution in [2.75, 3.05) is 29.0 Å². The summed E-state index contributed by atoms with van der Waals surface area (Å²) in [7, 11) is 0. The molecule has 0 amide bonds. The number of aromatic nitrogens is 4. The molecule has 2 aromatic rings. The average molecular weight is 289 g/mol. The molecule has 104 valence electrons. The van der Waals surface area contributed by atoms with E-state index in [0.29, 0.717) is 16.6 Å². The van der Waals surface area contributed by atoms with E-state index in [1.54, 1.807) is 6.20 Å². The Morgan fingerprint density at radius 2 is 2.35 bits per heavy atom. The summed E-state index contributed by atoms with van der Waals surface area (Å²) < 4.78 is 0. The van der Waals surface area contributed by atoms with Crippen molar-refractivity contribution in [1.82, 2.24) is 20.4 Å². The first-order valence-corrected chi connectivity index (χ1v) is 7.45. The molecule has 20 heavy (non-hydrogen) atoms. The van der Waals surface area contributed by atoms with Gasteiger partial charge in [0.25, 0.3) is 0 Å². The Labute approximate surface area is 120 Å². The van der Waals surface area contributed by atoms with Crippen LogP contribution in [0.2, 0.25) is 0 Å². The van der Waals surface area contributed by atoms with Gasteiger partial charge in [0, 0.05) is 30.7 Å². The number of nitrogen functional groups attached to an aromatic ring is 1. The number of rotatable bonds is 3. The molecular weight excluding hydrogens is 274 g/mol. The van der Waals surface area contributed by atoms with Gasteiger partial charge in [-0.2, -0.15) is 5.10 Å². The summed E-state index contributed by atoms with van der Waals surface area (Å²) in [6.45, 7) is 2.06. The normalized spacial score (nSPS) is 28.0. The Balaban J connectivity index is 1.42. The van der Waals surface area contributed by atoms with Gasteiger partial charge < -0.3 is 16.0 Å². The van der Waals surface area contributed by atoms with Crippen LogP contribution < -0.4 is 16.0 Å². The molecule has 0 aromatic carbocycles. The average Bonchev–Trinajstić information content (AvgIpc) is 2.78. The van der Waals surface area contributed by atoms with Crippen LogP contribution in [-0.4, -0.2) is 39.5 Å². The third kappa shape index (κ3) is 1.96. The van der Waals surface area contributed by atoms with E-state index in [1.807, 2.05) is 12.1 Å². The van der Waals surface area contributed by atoms with Crippen molar-refractivity contribution in [3.8, 4) is 0 Å². The maximum atomic E-state index is 5.60. The Bertz CT molecular complexity index is 615. The number of nitrogens with one attached hydrogen (secondary N) is 1. The van der Waals surface area contributed by atoms with Crippen molar-refractivity contribution in [2.45, 2.75) is 18.9 Å². The first-order valence-electron chi connectivity index (χ1n) is 6.63. The van der Waals surface area contributed by atoms with Gasteiger partial charge in [-0.15, -0.1) is 15.3 Å². The van der Waals surface area contributed by atoms with E-state index < -0.39 is 0 Å². The number of nitrogens with zero attached hydrogens (tertiary/aromatic N) is 5. The van der Waals surface area contributed by atoms with Crippen molar-refractivity contribution in [1.29, 1.82) is 0 Å². The molecule has 2 fully saturated rings. The lowest BCUT2D eigenvalue weighted by atomic mass is 10.1. The standard InChI is InChI=1S/C12H15N7S/c13-10-17-18-11(20-10)15-8-6-12(8)3-5-19(7-12)9-2-1-4-14-16-9/h1-2,4,8H,3,5-7H2,(H2,13,17)(H,15,18)/t8?,12-/m1/s1. The molecule has 4 rings (SSSR count). The zero-order valence-corrected chi connectivity index (χ0v) is 11.7. The molecule has 2 aromatic heterocycles. The summed E-state index contributed by atoms with van der Waals surface area (Å²) in [5.74, 6) is 0.968. The molecule has 1 spiro atoms. The number of nitrogens with two attached hydrogens (primary N) is 1. The van der Waals surface area contributed by atoms with Crippen LogP contribution >= 0.6 is 11.3 Å². The van der Waals surface area contributed by atoms with Crippen molar-refractivity contribution in [3.63, 3.8) is 0 Å². The second-order valence-corrected chi connectivity index (χ2v) is 6.47. The van der Waals surface area contributed by atoms with Crippen LogP contribution in [0.25, 0.3) is 0 Å². The Morgan fingerprint density at radius 1 is 1.40 bits per heavy atom. The Kier molecular flexibility index (Phi) is 2.53. The molecule has 1 saturated carbocycles. The Morgan fingerprint density at radius 3 is 3.10 bits per heavy atom. The van der Waals surface area contributed by atoms with Gasteiger partial charge in [0.1, 0.15) is 0 Å². The van der Waals surface area contributed by atoms with Crippen LogP contribution in [-0.2, 0) is 0 Å². The molecule has 8 heteroatoms.